The van der Waals surface area contributed by atoms with Gasteiger partial charge in [0.1, 0.15) is 10.8 Å². The van der Waals surface area contributed by atoms with E-state index < -0.39 is 11.7 Å². The van der Waals surface area contributed by atoms with E-state index in [1.807, 2.05) is 39.0 Å². The van der Waals surface area contributed by atoms with Crippen molar-refractivity contribution in [2.45, 2.75) is 26.4 Å². The third-order valence-corrected chi connectivity index (χ3v) is 2.93. The van der Waals surface area contributed by atoms with Crippen LogP contribution in [0.2, 0.25) is 5.15 Å². The number of hydrogen-bond donors (Lipinski definition) is 0. The molecule has 0 atom stereocenters. The first-order valence-electron chi connectivity index (χ1n) is 6.28. The molecule has 0 aliphatic rings. The Hall–Kier alpha value is -1.81. The molecule has 20 heavy (non-hydrogen) atoms. The van der Waals surface area contributed by atoms with Gasteiger partial charge in [-0.25, -0.2) is 9.78 Å². The molecule has 0 spiro atoms. The van der Waals surface area contributed by atoms with Gasteiger partial charge in [0, 0.05) is 24.3 Å². The van der Waals surface area contributed by atoms with Gasteiger partial charge in [0.15, 0.2) is 0 Å². The highest BCUT2D eigenvalue weighted by Crippen LogP contribution is 2.24. The second kappa shape index (κ2) is 5.29. The van der Waals surface area contributed by atoms with E-state index in [0.29, 0.717) is 5.15 Å². The fourth-order valence-corrected chi connectivity index (χ4v) is 1.91. The van der Waals surface area contributed by atoms with Crippen LogP contribution in [0, 0.1) is 0 Å². The van der Waals surface area contributed by atoms with Crippen LogP contribution in [0.5, 0.6) is 0 Å². The van der Waals surface area contributed by atoms with Crippen LogP contribution in [0.3, 0.4) is 0 Å². The van der Waals surface area contributed by atoms with Gasteiger partial charge in [-0.1, -0.05) is 17.7 Å². The number of pyridine rings is 1. The zero-order chi connectivity index (χ0) is 14.9. The number of aromatic nitrogens is 1. The van der Waals surface area contributed by atoms with Crippen LogP contribution in [-0.2, 0) is 4.74 Å². The molecular weight excluding hydrogens is 276 g/mol. The van der Waals surface area contributed by atoms with E-state index in [0.717, 1.165) is 16.5 Å². The minimum absolute atomic E-state index is 0.390. The smallest absolute Gasteiger partial charge is 0.414 e. The van der Waals surface area contributed by atoms with Crippen LogP contribution in [0.1, 0.15) is 20.8 Å². The van der Waals surface area contributed by atoms with E-state index >= 15 is 0 Å². The Labute approximate surface area is 123 Å². The van der Waals surface area contributed by atoms with E-state index in [-0.39, 0.29) is 0 Å². The molecule has 0 aliphatic heterocycles. The molecule has 106 valence electrons. The first-order chi connectivity index (χ1) is 9.26. The SMILES string of the molecule is CN(C(=O)OC(C)(C)C)c1ccc2cc(Cl)ncc2c1. The molecule has 0 fully saturated rings. The van der Waals surface area contributed by atoms with Gasteiger partial charge in [-0.05, 0) is 44.4 Å². The molecular formula is C15H17ClN2O2. The first-order valence-corrected chi connectivity index (χ1v) is 6.66. The molecule has 0 aliphatic carbocycles. The zero-order valence-corrected chi connectivity index (χ0v) is 12.7. The van der Waals surface area contributed by atoms with Crippen molar-refractivity contribution in [1.82, 2.24) is 4.98 Å². The lowest BCUT2D eigenvalue weighted by Crippen LogP contribution is -2.34. The summed E-state index contributed by atoms with van der Waals surface area (Å²) in [5, 5.41) is 2.35. The number of rotatable bonds is 1. The number of amides is 1. The quantitative estimate of drug-likeness (QED) is 0.738. The highest BCUT2D eigenvalue weighted by molar-refractivity contribution is 6.30. The van der Waals surface area contributed by atoms with Crippen LogP contribution < -0.4 is 4.90 Å². The molecule has 0 saturated heterocycles. The van der Waals surface area contributed by atoms with Gasteiger partial charge in [-0.2, -0.15) is 0 Å². The lowest BCUT2D eigenvalue weighted by atomic mass is 10.1. The van der Waals surface area contributed by atoms with Crippen molar-refractivity contribution in [3.63, 3.8) is 0 Å². The van der Waals surface area contributed by atoms with Crippen molar-refractivity contribution in [3.8, 4) is 0 Å². The van der Waals surface area contributed by atoms with E-state index in [1.165, 1.54) is 4.90 Å². The van der Waals surface area contributed by atoms with Gasteiger partial charge >= 0.3 is 6.09 Å². The summed E-state index contributed by atoms with van der Waals surface area (Å²) < 4.78 is 5.34. The molecule has 0 saturated carbocycles. The minimum atomic E-state index is -0.517. The third kappa shape index (κ3) is 3.39. The summed E-state index contributed by atoms with van der Waals surface area (Å²) in [6.07, 6.45) is 1.29. The number of benzene rings is 1. The highest BCUT2D eigenvalue weighted by Gasteiger charge is 2.20. The molecule has 0 N–H and O–H groups in total. The number of nitrogens with zero attached hydrogens (tertiary/aromatic N) is 2. The normalized spacial score (nSPS) is 11.4. The number of hydrogen-bond acceptors (Lipinski definition) is 3. The summed E-state index contributed by atoms with van der Waals surface area (Å²) in [7, 11) is 1.68. The molecule has 0 radical (unpaired) electrons. The van der Waals surface area contributed by atoms with Crippen molar-refractivity contribution in [2.24, 2.45) is 0 Å². The third-order valence-electron chi connectivity index (χ3n) is 2.73. The first kappa shape index (κ1) is 14.6. The predicted octanol–water partition coefficient (Wildman–Crippen LogP) is 4.26. The van der Waals surface area contributed by atoms with Crippen LogP contribution in [0.4, 0.5) is 10.5 Å². The number of anilines is 1. The van der Waals surface area contributed by atoms with Gasteiger partial charge in [0.2, 0.25) is 0 Å². The second-order valence-electron chi connectivity index (χ2n) is 5.58. The van der Waals surface area contributed by atoms with Crippen molar-refractivity contribution in [2.75, 3.05) is 11.9 Å². The van der Waals surface area contributed by atoms with E-state index in [4.69, 9.17) is 16.3 Å². The summed E-state index contributed by atoms with van der Waals surface area (Å²) in [5.41, 5.74) is 0.230. The Bertz CT molecular complexity index is 650. The minimum Gasteiger partial charge on any atom is -0.443 e. The molecule has 2 rings (SSSR count). The Morgan fingerprint density at radius 2 is 1.95 bits per heavy atom. The Kier molecular flexibility index (Phi) is 3.86. The maximum absolute atomic E-state index is 12.0. The van der Waals surface area contributed by atoms with E-state index in [1.54, 1.807) is 19.3 Å². The van der Waals surface area contributed by atoms with Crippen LogP contribution in [0.15, 0.2) is 30.5 Å². The summed E-state index contributed by atoms with van der Waals surface area (Å²) in [6, 6.07) is 7.42. The fraction of sp³-hybridized carbons (Fsp3) is 0.333. The topological polar surface area (TPSA) is 42.4 Å². The predicted molar refractivity (Wildman–Crippen MR) is 81.4 cm³/mol. The Morgan fingerprint density at radius 1 is 1.25 bits per heavy atom. The molecule has 1 amide bonds. The average Bonchev–Trinajstić information content (AvgIpc) is 2.35. The van der Waals surface area contributed by atoms with Crippen molar-refractivity contribution < 1.29 is 9.53 Å². The highest BCUT2D eigenvalue weighted by atomic mass is 35.5. The number of carbonyl (C=O) groups excluding carboxylic acids is 1. The largest absolute Gasteiger partial charge is 0.443 e. The number of carbonyl (C=O) groups is 1. The lowest BCUT2D eigenvalue weighted by molar-refractivity contribution is 0.0589. The monoisotopic (exact) mass is 292 g/mol. The summed E-state index contributed by atoms with van der Waals surface area (Å²) in [4.78, 5) is 17.5. The van der Waals surface area contributed by atoms with Crippen molar-refractivity contribution >= 4 is 34.2 Å². The van der Waals surface area contributed by atoms with Gasteiger partial charge in [0.25, 0.3) is 0 Å². The maximum atomic E-state index is 12.0. The lowest BCUT2D eigenvalue weighted by Gasteiger charge is -2.24. The van der Waals surface area contributed by atoms with Crippen molar-refractivity contribution in [3.05, 3.63) is 35.6 Å². The number of ether oxygens (including phenoxy) is 1. The zero-order valence-electron chi connectivity index (χ0n) is 12.0. The molecule has 5 heteroatoms. The van der Waals surface area contributed by atoms with Gasteiger partial charge in [-0.3, -0.25) is 4.90 Å². The average molecular weight is 293 g/mol. The van der Waals surface area contributed by atoms with Crippen LogP contribution in [-0.4, -0.2) is 23.7 Å². The van der Waals surface area contributed by atoms with Gasteiger partial charge < -0.3 is 4.74 Å². The van der Waals surface area contributed by atoms with Gasteiger partial charge in [0.05, 0.1) is 0 Å². The van der Waals surface area contributed by atoms with Crippen molar-refractivity contribution in [1.29, 1.82) is 0 Å². The number of halogens is 1. The van der Waals surface area contributed by atoms with Crippen LogP contribution >= 0.6 is 11.6 Å². The second-order valence-corrected chi connectivity index (χ2v) is 5.97. The molecule has 0 unspecified atom stereocenters. The van der Waals surface area contributed by atoms with E-state index in [2.05, 4.69) is 4.98 Å². The standard InChI is InChI=1S/C15H17ClN2O2/c1-15(2,3)20-14(19)18(4)12-6-5-10-8-13(16)17-9-11(10)7-12/h5-9H,1-4H3. The molecule has 1 heterocycles. The van der Waals surface area contributed by atoms with Crippen LogP contribution in [0.25, 0.3) is 10.8 Å². The maximum Gasteiger partial charge on any atom is 0.414 e. The molecule has 1 aromatic heterocycles. The number of fused-ring (bicyclic) bond motifs is 1. The molecule has 4 nitrogen and oxygen atoms in total. The summed E-state index contributed by atoms with van der Waals surface area (Å²) >= 11 is 5.85. The molecule has 2 aromatic rings. The molecule has 0 bridgehead atoms. The van der Waals surface area contributed by atoms with Gasteiger partial charge in [-0.15, -0.1) is 0 Å². The Morgan fingerprint density at radius 3 is 2.60 bits per heavy atom. The molecule has 1 aromatic carbocycles. The Balaban J connectivity index is 2.28. The summed E-state index contributed by atoms with van der Waals surface area (Å²) in [5.74, 6) is 0. The fourth-order valence-electron chi connectivity index (χ4n) is 1.75. The van der Waals surface area contributed by atoms with E-state index in [9.17, 15) is 4.79 Å². The summed E-state index contributed by atoms with van der Waals surface area (Å²) in [6.45, 7) is 5.52.